The molecule has 0 fully saturated rings. The summed E-state index contributed by atoms with van der Waals surface area (Å²) < 4.78 is 10.4. The summed E-state index contributed by atoms with van der Waals surface area (Å²) in [4.78, 5) is 47.4. The average Bonchev–Trinajstić information content (AvgIpc) is 2.91. The zero-order valence-electron chi connectivity index (χ0n) is 14.9. The number of non-ortho nitro benzene ring substituents is 1. The average molecular weight is 384 g/mol. The van der Waals surface area contributed by atoms with E-state index >= 15 is 0 Å². The van der Waals surface area contributed by atoms with Gasteiger partial charge in [-0.3, -0.25) is 29.4 Å². The van der Waals surface area contributed by atoms with Crippen LogP contribution in [0.15, 0.2) is 42.5 Å². The van der Waals surface area contributed by atoms with E-state index in [1.807, 2.05) is 19.1 Å². The smallest absolute Gasteiger partial charge is 0.326 e. The van der Waals surface area contributed by atoms with Crippen LogP contribution in [0.5, 0.6) is 5.75 Å². The molecule has 0 saturated carbocycles. The van der Waals surface area contributed by atoms with E-state index in [4.69, 9.17) is 9.47 Å². The van der Waals surface area contributed by atoms with Gasteiger partial charge in [0.2, 0.25) is 0 Å². The van der Waals surface area contributed by atoms with E-state index in [2.05, 4.69) is 0 Å². The monoisotopic (exact) mass is 384 g/mol. The first-order valence-corrected chi connectivity index (χ1v) is 8.36. The van der Waals surface area contributed by atoms with Crippen LogP contribution in [0, 0.1) is 17.0 Å². The van der Waals surface area contributed by atoms with Crippen molar-refractivity contribution >= 4 is 23.5 Å². The Labute approximate surface area is 159 Å². The molecule has 0 aromatic heterocycles. The molecule has 28 heavy (non-hydrogen) atoms. The second kappa shape index (κ2) is 7.87. The molecular weight excluding hydrogens is 368 g/mol. The van der Waals surface area contributed by atoms with Crippen LogP contribution in [-0.2, 0) is 9.53 Å². The van der Waals surface area contributed by atoms with Gasteiger partial charge in [-0.1, -0.05) is 17.7 Å². The lowest BCUT2D eigenvalue weighted by Gasteiger charge is -2.13. The van der Waals surface area contributed by atoms with Gasteiger partial charge in [-0.25, -0.2) is 0 Å². The van der Waals surface area contributed by atoms with E-state index in [1.54, 1.807) is 12.1 Å². The van der Waals surface area contributed by atoms with Gasteiger partial charge in [-0.05, 0) is 25.1 Å². The molecule has 0 aliphatic carbocycles. The molecule has 0 spiro atoms. The summed E-state index contributed by atoms with van der Waals surface area (Å²) in [5, 5.41) is 10.8. The summed E-state index contributed by atoms with van der Waals surface area (Å²) in [5.41, 5.74) is 0.698. The minimum Gasteiger partial charge on any atom is -0.490 e. The van der Waals surface area contributed by atoms with Crippen molar-refractivity contribution in [1.82, 2.24) is 4.90 Å². The van der Waals surface area contributed by atoms with E-state index in [1.165, 1.54) is 6.07 Å². The second-order valence-corrected chi connectivity index (χ2v) is 6.07. The number of nitrogens with zero attached hydrogens (tertiary/aromatic N) is 2. The van der Waals surface area contributed by atoms with E-state index in [-0.39, 0.29) is 30.0 Å². The van der Waals surface area contributed by atoms with Crippen molar-refractivity contribution in [3.63, 3.8) is 0 Å². The van der Waals surface area contributed by atoms with Crippen molar-refractivity contribution in [2.75, 3.05) is 19.8 Å². The van der Waals surface area contributed by atoms with Crippen LogP contribution >= 0.6 is 0 Å². The molecule has 2 aromatic rings. The van der Waals surface area contributed by atoms with Gasteiger partial charge in [-0.15, -0.1) is 0 Å². The van der Waals surface area contributed by atoms with Crippen molar-refractivity contribution in [2.24, 2.45) is 0 Å². The molecular formula is C19H16N2O7. The Balaban J connectivity index is 1.52. The molecule has 0 radical (unpaired) electrons. The Morgan fingerprint density at radius 2 is 1.71 bits per heavy atom. The SMILES string of the molecule is Cc1ccc(OCCOC(=O)CN2C(=O)c3ccc([N+](=O)[O-])cc3C2=O)cc1. The van der Waals surface area contributed by atoms with Crippen molar-refractivity contribution in [3.8, 4) is 5.75 Å². The molecule has 2 amide bonds. The first-order valence-electron chi connectivity index (χ1n) is 8.36. The maximum absolute atomic E-state index is 12.3. The molecule has 1 aliphatic heterocycles. The highest BCUT2D eigenvalue weighted by Crippen LogP contribution is 2.26. The van der Waals surface area contributed by atoms with E-state index in [0.29, 0.717) is 10.6 Å². The number of nitro groups is 1. The molecule has 1 aliphatic rings. The molecule has 2 aromatic carbocycles. The van der Waals surface area contributed by atoms with Crippen molar-refractivity contribution < 1.29 is 28.8 Å². The third-order valence-corrected chi connectivity index (χ3v) is 4.09. The Kier molecular flexibility index (Phi) is 5.35. The number of hydrogen-bond donors (Lipinski definition) is 0. The van der Waals surface area contributed by atoms with E-state index in [9.17, 15) is 24.5 Å². The molecule has 1 heterocycles. The summed E-state index contributed by atoms with van der Waals surface area (Å²) in [6.45, 7) is 1.43. The highest BCUT2D eigenvalue weighted by atomic mass is 16.6. The summed E-state index contributed by atoms with van der Waals surface area (Å²) in [5.74, 6) is -1.61. The molecule has 0 atom stereocenters. The fourth-order valence-electron chi connectivity index (χ4n) is 2.66. The molecule has 3 rings (SSSR count). The van der Waals surface area contributed by atoms with Crippen molar-refractivity contribution in [3.05, 3.63) is 69.3 Å². The topological polar surface area (TPSA) is 116 Å². The second-order valence-electron chi connectivity index (χ2n) is 6.07. The van der Waals surface area contributed by atoms with Gasteiger partial charge in [0.05, 0.1) is 16.1 Å². The Morgan fingerprint density at radius 3 is 2.39 bits per heavy atom. The minimum absolute atomic E-state index is 0.0195. The lowest BCUT2D eigenvalue weighted by molar-refractivity contribution is -0.384. The summed E-state index contributed by atoms with van der Waals surface area (Å²) in [6.07, 6.45) is 0. The molecule has 144 valence electrons. The van der Waals surface area contributed by atoms with Gasteiger partial charge in [0.1, 0.15) is 25.5 Å². The fraction of sp³-hybridized carbons (Fsp3) is 0.211. The number of hydrogen-bond acceptors (Lipinski definition) is 7. The maximum Gasteiger partial charge on any atom is 0.326 e. The van der Waals surface area contributed by atoms with Crippen molar-refractivity contribution in [1.29, 1.82) is 0 Å². The van der Waals surface area contributed by atoms with Crippen LogP contribution in [0.2, 0.25) is 0 Å². The fourth-order valence-corrected chi connectivity index (χ4v) is 2.66. The number of amides is 2. The first kappa shape index (κ1) is 19.0. The number of esters is 1. The standard InChI is InChI=1S/C19H16N2O7/c1-12-2-5-14(6-3-12)27-8-9-28-17(22)11-20-18(23)15-7-4-13(21(25)26)10-16(15)19(20)24/h2-7,10H,8-9,11H2,1H3. The minimum atomic E-state index is -0.781. The summed E-state index contributed by atoms with van der Waals surface area (Å²) in [6, 6.07) is 10.7. The van der Waals surface area contributed by atoms with E-state index in [0.717, 1.165) is 17.7 Å². The van der Waals surface area contributed by atoms with E-state index < -0.39 is 29.3 Å². The summed E-state index contributed by atoms with van der Waals surface area (Å²) >= 11 is 0. The number of carbonyl (C=O) groups is 3. The zero-order chi connectivity index (χ0) is 20.3. The van der Waals surface area contributed by atoms with Gasteiger partial charge in [0.25, 0.3) is 17.5 Å². The Bertz CT molecular complexity index is 953. The number of ether oxygens (including phenoxy) is 2. The van der Waals surface area contributed by atoms with Crippen LogP contribution in [0.3, 0.4) is 0 Å². The number of imide groups is 1. The number of fused-ring (bicyclic) bond motifs is 1. The normalized spacial score (nSPS) is 12.7. The van der Waals surface area contributed by atoms with Crippen LogP contribution in [0.4, 0.5) is 5.69 Å². The van der Waals surface area contributed by atoms with Crippen molar-refractivity contribution in [2.45, 2.75) is 6.92 Å². The lowest BCUT2D eigenvalue weighted by Crippen LogP contribution is -2.36. The molecule has 0 bridgehead atoms. The van der Waals surface area contributed by atoms with Crippen LogP contribution < -0.4 is 4.74 Å². The van der Waals surface area contributed by atoms with Gasteiger partial charge in [-0.2, -0.15) is 0 Å². The predicted molar refractivity (Wildman–Crippen MR) is 96.1 cm³/mol. The molecule has 0 saturated heterocycles. The van der Waals surface area contributed by atoms with Gasteiger partial charge >= 0.3 is 5.97 Å². The summed E-state index contributed by atoms with van der Waals surface area (Å²) in [7, 11) is 0. The molecule has 9 nitrogen and oxygen atoms in total. The van der Waals surface area contributed by atoms with Crippen LogP contribution in [0.25, 0.3) is 0 Å². The largest absolute Gasteiger partial charge is 0.490 e. The number of nitro benzene ring substituents is 1. The number of rotatable bonds is 7. The van der Waals surface area contributed by atoms with Gasteiger partial charge in [0.15, 0.2) is 0 Å². The van der Waals surface area contributed by atoms with Gasteiger partial charge < -0.3 is 9.47 Å². The number of benzene rings is 2. The maximum atomic E-state index is 12.3. The molecule has 9 heteroatoms. The lowest BCUT2D eigenvalue weighted by atomic mass is 10.1. The number of carbonyl (C=O) groups excluding carboxylic acids is 3. The highest BCUT2D eigenvalue weighted by Gasteiger charge is 2.38. The Morgan fingerprint density at radius 1 is 1.04 bits per heavy atom. The van der Waals surface area contributed by atoms with Crippen LogP contribution in [-0.4, -0.2) is 47.4 Å². The quantitative estimate of drug-likeness (QED) is 0.236. The Hall–Kier alpha value is -3.75. The third kappa shape index (κ3) is 3.98. The highest BCUT2D eigenvalue weighted by molar-refractivity contribution is 6.22. The first-order chi connectivity index (χ1) is 13.4. The van der Waals surface area contributed by atoms with Gasteiger partial charge in [0, 0.05) is 12.1 Å². The molecule has 0 N–H and O–H groups in total. The number of aryl methyl sites for hydroxylation is 1. The van der Waals surface area contributed by atoms with Crippen LogP contribution in [0.1, 0.15) is 26.3 Å². The predicted octanol–water partition coefficient (Wildman–Crippen LogP) is 2.12. The zero-order valence-corrected chi connectivity index (χ0v) is 14.9. The molecule has 0 unspecified atom stereocenters. The third-order valence-electron chi connectivity index (χ3n) is 4.09.